The van der Waals surface area contributed by atoms with Gasteiger partial charge < -0.3 is 9.84 Å². The molecule has 0 aromatic heterocycles. The first-order valence-electron chi connectivity index (χ1n) is 5.11. The fourth-order valence-electron chi connectivity index (χ4n) is 2.38. The van der Waals surface area contributed by atoms with Gasteiger partial charge >= 0.3 is 0 Å². The third kappa shape index (κ3) is 1.64. The van der Waals surface area contributed by atoms with Gasteiger partial charge in [0, 0.05) is 0 Å². The Morgan fingerprint density at radius 1 is 1.42 bits per heavy atom. The van der Waals surface area contributed by atoms with Crippen LogP contribution in [0, 0.1) is 11.8 Å². The van der Waals surface area contributed by atoms with Crippen LogP contribution >= 0.6 is 0 Å². The van der Waals surface area contributed by atoms with Crippen molar-refractivity contribution in [2.24, 2.45) is 11.8 Å². The first-order valence-corrected chi connectivity index (χ1v) is 5.11. The van der Waals surface area contributed by atoms with Crippen molar-refractivity contribution in [3.63, 3.8) is 0 Å². The molecule has 4 atom stereocenters. The molecule has 2 nitrogen and oxygen atoms in total. The van der Waals surface area contributed by atoms with Crippen molar-refractivity contribution in [3.8, 4) is 0 Å². The predicted molar refractivity (Wildman–Crippen MR) is 46.9 cm³/mol. The molecule has 2 fully saturated rings. The van der Waals surface area contributed by atoms with Gasteiger partial charge in [0.15, 0.2) is 0 Å². The van der Waals surface area contributed by atoms with Crippen LogP contribution in [0.3, 0.4) is 0 Å². The lowest BCUT2D eigenvalue weighted by Crippen LogP contribution is -2.31. The van der Waals surface area contributed by atoms with Crippen molar-refractivity contribution in [3.05, 3.63) is 0 Å². The summed E-state index contributed by atoms with van der Waals surface area (Å²) in [6.45, 7) is 3.11. The zero-order valence-corrected chi connectivity index (χ0v) is 7.70. The van der Waals surface area contributed by atoms with E-state index in [1.807, 2.05) is 0 Å². The fourth-order valence-corrected chi connectivity index (χ4v) is 2.38. The fraction of sp³-hybridized carbons (Fsp3) is 1.00. The highest BCUT2D eigenvalue weighted by Crippen LogP contribution is 2.37. The molecule has 0 radical (unpaired) electrons. The number of aliphatic hydroxyl groups excluding tert-OH is 1. The largest absolute Gasteiger partial charge is 0.393 e. The predicted octanol–water partition coefficient (Wildman–Crippen LogP) is 1.57. The maximum Gasteiger partial charge on any atom is 0.0838 e. The minimum atomic E-state index is -0.0575. The van der Waals surface area contributed by atoms with Crippen LogP contribution in [0.4, 0.5) is 0 Å². The van der Waals surface area contributed by atoms with Gasteiger partial charge in [0.25, 0.3) is 0 Å². The topological polar surface area (TPSA) is 32.8 Å². The third-order valence-electron chi connectivity index (χ3n) is 3.41. The molecule has 1 N–H and O–H groups in total. The van der Waals surface area contributed by atoms with Crippen molar-refractivity contribution in [1.82, 2.24) is 0 Å². The molecule has 4 unspecified atom stereocenters. The zero-order chi connectivity index (χ0) is 8.55. The second-order valence-electron chi connectivity index (χ2n) is 4.18. The summed E-state index contributed by atoms with van der Waals surface area (Å²) in [5.41, 5.74) is 0. The average molecular weight is 170 g/mol. The van der Waals surface area contributed by atoms with Gasteiger partial charge in [-0.1, -0.05) is 13.3 Å². The van der Waals surface area contributed by atoms with Gasteiger partial charge in [-0.25, -0.2) is 0 Å². The standard InChI is InChI=1S/C10H18O2/c1-2-7-3-4-8(5-9(7)11)10-6-12-10/h7-11H,2-6H2,1H3. The molecule has 1 aliphatic heterocycles. The van der Waals surface area contributed by atoms with E-state index in [0.29, 0.717) is 17.9 Å². The quantitative estimate of drug-likeness (QED) is 0.638. The van der Waals surface area contributed by atoms with Crippen LogP contribution < -0.4 is 0 Å². The summed E-state index contributed by atoms with van der Waals surface area (Å²) >= 11 is 0. The molecule has 0 spiro atoms. The molecule has 12 heavy (non-hydrogen) atoms. The van der Waals surface area contributed by atoms with E-state index in [1.165, 1.54) is 12.8 Å². The van der Waals surface area contributed by atoms with E-state index >= 15 is 0 Å². The molecular formula is C10H18O2. The highest BCUT2D eigenvalue weighted by molar-refractivity contribution is 4.87. The maximum absolute atomic E-state index is 9.76. The summed E-state index contributed by atoms with van der Waals surface area (Å²) in [5, 5.41) is 9.76. The molecule has 1 saturated heterocycles. The van der Waals surface area contributed by atoms with Crippen molar-refractivity contribution >= 4 is 0 Å². The van der Waals surface area contributed by atoms with Crippen molar-refractivity contribution < 1.29 is 9.84 Å². The first kappa shape index (κ1) is 8.52. The first-order chi connectivity index (χ1) is 5.81. The lowest BCUT2D eigenvalue weighted by atomic mass is 9.77. The molecule has 2 aliphatic rings. The van der Waals surface area contributed by atoms with Crippen molar-refractivity contribution in [2.45, 2.75) is 44.8 Å². The minimum Gasteiger partial charge on any atom is -0.393 e. The van der Waals surface area contributed by atoms with Gasteiger partial charge in [0.2, 0.25) is 0 Å². The molecule has 0 aromatic carbocycles. The molecule has 1 heterocycles. The summed E-state index contributed by atoms with van der Waals surface area (Å²) in [7, 11) is 0. The highest BCUT2D eigenvalue weighted by atomic mass is 16.6. The van der Waals surface area contributed by atoms with Gasteiger partial charge in [-0.3, -0.25) is 0 Å². The van der Waals surface area contributed by atoms with Gasteiger partial charge in [-0.05, 0) is 31.1 Å². The second-order valence-corrected chi connectivity index (χ2v) is 4.18. The Labute approximate surface area is 73.9 Å². The van der Waals surface area contributed by atoms with Gasteiger partial charge in [-0.15, -0.1) is 0 Å². The van der Waals surface area contributed by atoms with Crippen LogP contribution in [0.25, 0.3) is 0 Å². The molecule has 0 aromatic rings. The van der Waals surface area contributed by atoms with Crippen LogP contribution in [-0.4, -0.2) is 23.9 Å². The second kappa shape index (κ2) is 3.35. The van der Waals surface area contributed by atoms with Gasteiger partial charge in [0.1, 0.15) is 0 Å². The number of hydrogen-bond donors (Lipinski definition) is 1. The summed E-state index contributed by atoms with van der Waals surface area (Å²) in [6.07, 6.45) is 5.00. The number of aliphatic hydroxyl groups is 1. The lowest BCUT2D eigenvalue weighted by molar-refractivity contribution is 0.0357. The van der Waals surface area contributed by atoms with Crippen molar-refractivity contribution in [2.75, 3.05) is 6.61 Å². The average Bonchev–Trinajstić information content (AvgIpc) is 2.86. The van der Waals surface area contributed by atoms with E-state index in [4.69, 9.17) is 4.74 Å². The Morgan fingerprint density at radius 2 is 2.17 bits per heavy atom. The van der Waals surface area contributed by atoms with Crippen LogP contribution in [0.1, 0.15) is 32.6 Å². The van der Waals surface area contributed by atoms with E-state index in [0.717, 1.165) is 19.4 Å². The van der Waals surface area contributed by atoms with Crippen LogP contribution in [0.2, 0.25) is 0 Å². The van der Waals surface area contributed by atoms with Gasteiger partial charge in [0.05, 0.1) is 18.8 Å². The molecule has 0 amide bonds. The summed E-state index contributed by atoms with van der Waals surface area (Å²) in [4.78, 5) is 0. The number of rotatable bonds is 2. The smallest absolute Gasteiger partial charge is 0.0838 e. The van der Waals surface area contributed by atoms with E-state index in [-0.39, 0.29) is 6.10 Å². The Hall–Kier alpha value is -0.0800. The molecule has 0 bridgehead atoms. The van der Waals surface area contributed by atoms with E-state index in [9.17, 15) is 5.11 Å². The van der Waals surface area contributed by atoms with E-state index < -0.39 is 0 Å². The normalized spacial score (nSPS) is 47.5. The summed E-state index contributed by atoms with van der Waals surface area (Å²) < 4.78 is 5.25. The zero-order valence-electron chi connectivity index (χ0n) is 7.70. The number of hydrogen-bond acceptors (Lipinski definition) is 2. The number of ether oxygens (including phenoxy) is 1. The molecule has 2 rings (SSSR count). The van der Waals surface area contributed by atoms with Crippen LogP contribution in [-0.2, 0) is 4.74 Å². The monoisotopic (exact) mass is 170 g/mol. The molecule has 1 aliphatic carbocycles. The van der Waals surface area contributed by atoms with E-state index in [1.54, 1.807) is 0 Å². The van der Waals surface area contributed by atoms with Crippen LogP contribution in [0.5, 0.6) is 0 Å². The van der Waals surface area contributed by atoms with Crippen LogP contribution in [0.15, 0.2) is 0 Å². The number of epoxide rings is 1. The molecule has 70 valence electrons. The highest BCUT2D eigenvalue weighted by Gasteiger charge is 2.38. The molecule has 2 heteroatoms. The Morgan fingerprint density at radius 3 is 2.67 bits per heavy atom. The molecular weight excluding hydrogens is 152 g/mol. The Balaban J connectivity index is 1.84. The van der Waals surface area contributed by atoms with E-state index in [2.05, 4.69) is 6.92 Å². The maximum atomic E-state index is 9.76. The Kier molecular flexibility index (Phi) is 2.37. The summed E-state index contributed by atoms with van der Waals surface area (Å²) in [5.74, 6) is 1.21. The lowest BCUT2D eigenvalue weighted by Gasteiger charge is -2.31. The molecule has 1 saturated carbocycles. The minimum absolute atomic E-state index is 0.0575. The van der Waals surface area contributed by atoms with Gasteiger partial charge in [-0.2, -0.15) is 0 Å². The summed E-state index contributed by atoms with van der Waals surface area (Å²) in [6, 6.07) is 0. The Bertz CT molecular complexity index is 154. The SMILES string of the molecule is CCC1CCC(C2CO2)CC1O. The third-order valence-corrected chi connectivity index (χ3v) is 3.41. The van der Waals surface area contributed by atoms with Crippen molar-refractivity contribution in [1.29, 1.82) is 0 Å².